The average molecular weight is 411 g/mol. The number of halogens is 1. The molecule has 0 bridgehead atoms. The fourth-order valence-electron chi connectivity index (χ4n) is 3.52. The number of hydrogen-bond acceptors (Lipinski definition) is 7. The molecule has 3 aromatic rings. The summed E-state index contributed by atoms with van der Waals surface area (Å²) in [6.45, 7) is 1.57. The van der Waals surface area contributed by atoms with Gasteiger partial charge in [0.25, 0.3) is 5.91 Å². The smallest absolute Gasteiger partial charge is 0.251 e. The third-order valence-corrected chi connectivity index (χ3v) is 4.95. The number of amides is 1. The molecular formula is C21H22FN5O3. The van der Waals surface area contributed by atoms with Gasteiger partial charge in [-0.05, 0) is 49.2 Å². The summed E-state index contributed by atoms with van der Waals surface area (Å²) in [4.78, 5) is 22.6. The van der Waals surface area contributed by atoms with E-state index in [4.69, 9.17) is 9.26 Å². The Morgan fingerprint density at radius 3 is 2.87 bits per heavy atom. The molecule has 1 aliphatic rings. The molecule has 0 aliphatic carbocycles. The first kappa shape index (κ1) is 20.1. The maximum absolute atomic E-state index is 13.1. The van der Waals surface area contributed by atoms with E-state index >= 15 is 0 Å². The van der Waals surface area contributed by atoms with Gasteiger partial charge in [-0.15, -0.1) is 0 Å². The van der Waals surface area contributed by atoms with E-state index in [1.165, 1.54) is 19.2 Å². The molecule has 1 atom stereocenters. The maximum atomic E-state index is 13.1. The second-order valence-electron chi connectivity index (χ2n) is 7.12. The summed E-state index contributed by atoms with van der Waals surface area (Å²) < 4.78 is 23.5. The number of anilines is 1. The number of hydrogen-bond donors (Lipinski definition) is 1. The van der Waals surface area contributed by atoms with Gasteiger partial charge in [-0.1, -0.05) is 17.3 Å². The predicted molar refractivity (Wildman–Crippen MR) is 107 cm³/mol. The van der Waals surface area contributed by atoms with Crippen molar-refractivity contribution in [3.8, 4) is 11.4 Å². The van der Waals surface area contributed by atoms with Crippen LogP contribution in [-0.2, 0) is 16.1 Å². The molecule has 0 spiro atoms. The molecule has 3 heterocycles. The van der Waals surface area contributed by atoms with E-state index in [-0.39, 0.29) is 24.4 Å². The zero-order chi connectivity index (χ0) is 20.9. The van der Waals surface area contributed by atoms with E-state index in [1.807, 2.05) is 0 Å². The van der Waals surface area contributed by atoms with Crippen molar-refractivity contribution in [3.63, 3.8) is 0 Å². The van der Waals surface area contributed by atoms with Crippen LogP contribution in [0.15, 0.2) is 47.1 Å². The Morgan fingerprint density at radius 2 is 2.13 bits per heavy atom. The lowest BCUT2D eigenvalue weighted by molar-refractivity contribution is -0.119. The highest BCUT2D eigenvalue weighted by Gasteiger charge is 2.30. The molecule has 1 amide bonds. The normalized spacial score (nSPS) is 16.7. The van der Waals surface area contributed by atoms with Crippen LogP contribution in [0.25, 0.3) is 11.4 Å². The van der Waals surface area contributed by atoms with Crippen LogP contribution < -0.4 is 5.32 Å². The van der Waals surface area contributed by atoms with Crippen molar-refractivity contribution in [1.82, 2.24) is 20.0 Å². The van der Waals surface area contributed by atoms with Gasteiger partial charge in [-0.2, -0.15) is 4.98 Å². The Morgan fingerprint density at radius 1 is 1.30 bits per heavy atom. The summed E-state index contributed by atoms with van der Waals surface area (Å²) in [5.74, 6) is 0.909. The molecule has 1 saturated heterocycles. The van der Waals surface area contributed by atoms with Crippen LogP contribution >= 0.6 is 0 Å². The Hall–Kier alpha value is -3.17. The van der Waals surface area contributed by atoms with Crippen LogP contribution in [0.3, 0.4) is 0 Å². The number of nitrogens with zero attached hydrogens (tertiary/aromatic N) is 4. The lowest BCUT2D eigenvalue weighted by Crippen LogP contribution is -2.23. The quantitative estimate of drug-likeness (QED) is 0.638. The lowest BCUT2D eigenvalue weighted by Gasteiger charge is -2.21. The van der Waals surface area contributed by atoms with Crippen molar-refractivity contribution in [2.24, 2.45) is 0 Å². The molecule has 9 heteroatoms. The highest BCUT2D eigenvalue weighted by Crippen LogP contribution is 2.33. The Kier molecular flexibility index (Phi) is 6.10. The summed E-state index contributed by atoms with van der Waals surface area (Å²) >= 11 is 0. The Balaban J connectivity index is 1.44. The van der Waals surface area contributed by atoms with Gasteiger partial charge in [-0.3, -0.25) is 9.69 Å². The Bertz CT molecular complexity index is 991. The standard InChI is InChI=1S/C21H22FN5O3/c1-29-13-19(28)24-18-9-6-15(11-23-18)20-25-21(30-26-20)17-3-2-10-27(17)12-14-4-7-16(22)8-5-14/h4-9,11,17H,2-3,10,12-13H2,1H3,(H,23,24,28). The van der Waals surface area contributed by atoms with Crippen molar-refractivity contribution in [2.45, 2.75) is 25.4 Å². The molecule has 8 nitrogen and oxygen atoms in total. The zero-order valence-electron chi connectivity index (χ0n) is 16.5. The van der Waals surface area contributed by atoms with Gasteiger partial charge in [0.15, 0.2) is 0 Å². The van der Waals surface area contributed by atoms with Crippen molar-refractivity contribution < 1.29 is 18.4 Å². The molecule has 156 valence electrons. The second kappa shape index (κ2) is 9.10. The number of methoxy groups -OCH3 is 1. The topological polar surface area (TPSA) is 93.4 Å². The molecule has 1 aromatic carbocycles. The zero-order valence-corrected chi connectivity index (χ0v) is 16.5. The fourth-order valence-corrected chi connectivity index (χ4v) is 3.52. The largest absolute Gasteiger partial charge is 0.375 e. The van der Waals surface area contributed by atoms with Gasteiger partial charge < -0.3 is 14.6 Å². The van der Waals surface area contributed by atoms with Gasteiger partial charge in [0, 0.05) is 25.4 Å². The molecule has 30 heavy (non-hydrogen) atoms. The molecule has 1 aliphatic heterocycles. The second-order valence-corrected chi connectivity index (χ2v) is 7.12. The highest BCUT2D eigenvalue weighted by atomic mass is 19.1. The van der Waals surface area contributed by atoms with Crippen molar-refractivity contribution in [2.75, 3.05) is 25.6 Å². The number of carbonyl (C=O) groups is 1. The summed E-state index contributed by atoms with van der Waals surface area (Å²) in [7, 11) is 1.45. The molecular weight excluding hydrogens is 389 g/mol. The van der Waals surface area contributed by atoms with E-state index in [0.717, 1.165) is 24.9 Å². The number of pyridine rings is 1. The van der Waals surface area contributed by atoms with Crippen LogP contribution in [0.5, 0.6) is 0 Å². The van der Waals surface area contributed by atoms with Crippen molar-refractivity contribution in [3.05, 3.63) is 59.9 Å². The summed E-state index contributed by atoms with van der Waals surface area (Å²) in [5, 5.41) is 6.73. The average Bonchev–Trinajstić information content (AvgIpc) is 3.40. The van der Waals surface area contributed by atoms with E-state index in [2.05, 4.69) is 25.3 Å². The molecule has 0 saturated carbocycles. The van der Waals surface area contributed by atoms with Gasteiger partial charge in [0.2, 0.25) is 11.7 Å². The van der Waals surface area contributed by atoms with Crippen LogP contribution in [0.2, 0.25) is 0 Å². The van der Waals surface area contributed by atoms with E-state index < -0.39 is 0 Å². The number of nitrogens with one attached hydrogen (secondary N) is 1. The minimum Gasteiger partial charge on any atom is -0.375 e. The molecule has 1 N–H and O–H groups in total. The molecule has 2 aromatic heterocycles. The van der Waals surface area contributed by atoms with Crippen LogP contribution in [-0.4, -0.2) is 46.2 Å². The molecule has 1 unspecified atom stereocenters. The van der Waals surface area contributed by atoms with E-state index in [9.17, 15) is 9.18 Å². The van der Waals surface area contributed by atoms with Gasteiger partial charge in [0.05, 0.1) is 6.04 Å². The first-order valence-electron chi connectivity index (χ1n) is 9.69. The maximum Gasteiger partial charge on any atom is 0.251 e. The van der Waals surface area contributed by atoms with Gasteiger partial charge in [-0.25, -0.2) is 9.37 Å². The first-order valence-corrected chi connectivity index (χ1v) is 9.69. The van der Waals surface area contributed by atoms with E-state index in [0.29, 0.717) is 29.6 Å². The molecule has 1 fully saturated rings. The van der Waals surface area contributed by atoms with Crippen LogP contribution in [0, 0.1) is 5.82 Å². The van der Waals surface area contributed by atoms with Crippen LogP contribution in [0.4, 0.5) is 10.2 Å². The van der Waals surface area contributed by atoms with Crippen LogP contribution in [0.1, 0.15) is 30.3 Å². The number of aromatic nitrogens is 3. The third-order valence-electron chi connectivity index (χ3n) is 4.95. The number of ether oxygens (including phenoxy) is 1. The number of benzene rings is 1. The minimum absolute atomic E-state index is 0.0249. The number of likely N-dealkylation sites (tertiary alicyclic amines) is 1. The van der Waals surface area contributed by atoms with Gasteiger partial charge >= 0.3 is 0 Å². The molecule has 0 radical (unpaired) electrons. The fraction of sp³-hybridized carbons (Fsp3) is 0.333. The molecule has 4 rings (SSSR count). The SMILES string of the molecule is COCC(=O)Nc1ccc(-c2noc(C3CCCN3Cc3ccc(F)cc3)n2)cn1. The predicted octanol–water partition coefficient (Wildman–Crippen LogP) is 3.19. The first-order chi connectivity index (χ1) is 14.6. The summed E-state index contributed by atoms with van der Waals surface area (Å²) in [6, 6.07) is 10.0. The highest BCUT2D eigenvalue weighted by molar-refractivity contribution is 5.90. The van der Waals surface area contributed by atoms with Crippen molar-refractivity contribution in [1.29, 1.82) is 0 Å². The lowest BCUT2D eigenvalue weighted by atomic mass is 10.1. The summed E-state index contributed by atoms with van der Waals surface area (Å²) in [6.07, 6.45) is 3.54. The number of carbonyl (C=O) groups excluding carboxylic acids is 1. The Labute approximate surface area is 173 Å². The third kappa shape index (κ3) is 4.69. The summed E-state index contributed by atoms with van der Waals surface area (Å²) in [5.41, 5.74) is 1.73. The van der Waals surface area contributed by atoms with E-state index in [1.54, 1.807) is 30.5 Å². The monoisotopic (exact) mass is 411 g/mol. The number of rotatable bonds is 7. The van der Waals surface area contributed by atoms with Crippen molar-refractivity contribution >= 4 is 11.7 Å². The minimum atomic E-state index is -0.276. The van der Waals surface area contributed by atoms with Gasteiger partial charge in [0.1, 0.15) is 18.2 Å².